The topological polar surface area (TPSA) is 60.9 Å². The van der Waals surface area contributed by atoms with Crippen molar-refractivity contribution < 1.29 is 4.79 Å². The fourth-order valence-corrected chi connectivity index (χ4v) is 2.54. The van der Waals surface area contributed by atoms with Crippen molar-refractivity contribution in [2.24, 2.45) is 7.05 Å². The molecule has 0 saturated carbocycles. The summed E-state index contributed by atoms with van der Waals surface area (Å²) in [5.74, 6) is -0.0451. The van der Waals surface area contributed by atoms with Gasteiger partial charge in [0.1, 0.15) is 12.2 Å². The van der Waals surface area contributed by atoms with Crippen LogP contribution in [-0.4, -0.2) is 36.6 Å². The van der Waals surface area contributed by atoms with E-state index in [1.54, 1.807) is 28.2 Å². The highest BCUT2D eigenvalue weighted by Gasteiger charge is 2.21. The molecule has 0 aliphatic rings. The predicted octanol–water partition coefficient (Wildman–Crippen LogP) is 2.11. The number of rotatable bonds is 5. The molecule has 0 atom stereocenters. The van der Waals surface area contributed by atoms with Gasteiger partial charge in [0.2, 0.25) is 5.91 Å². The minimum atomic E-state index is -0.0451. The number of carbonyl (C=O) groups excluding carboxylic acids is 1. The molecule has 3 rings (SSSR count). The van der Waals surface area contributed by atoms with Crippen LogP contribution in [0.2, 0.25) is 5.15 Å². The van der Waals surface area contributed by atoms with E-state index in [1.807, 2.05) is 47.9 Å². The van der Waals surface area contributed by atoms with Gasteiger partial charge in [-0.1, -0.05) is 11.6 Å². The third kappa shape index (κ3) is 3.00. The first-order valence-electron chi connectivity index (χ1n) is 7.23. The van der Waals surface area contributed by atoms with Crippen LogP contribution in [0.15, 0.2) is 43.1 Å². The van der Waals surface area contributed by atoms with Crippen LogP contribution >= 0.6 is 11.6 Å². The molecule has 1 amide bonds. The van der Waals surface area contributed by atoms with Gasteiger partial charge in [-0.05, 0) is 19.1 Å². The number of aromatic nitrogens is 5. The highest BCUT2D eigenvalue weighted by Crippen LogP contribution is 2.26. The number of hydrogen-bond acceptors (Lipinski definition) is 3. The smallest absolute Gasteiger partial charge is 0.248 e. The van der Waals surface area contributed by atoms with Crippen LogP contribution in [0, 0.1) is 0 Å². The number of amides is 1. The second kappa shape index (κ2) is 6.29. The maximum Gasteiger partial charge on any atom is 0.248 e. The molecule has 3 aromatic rings. The molecule has 8 heteroatoms. The molecule has 0 aliphatic heterocycles. The quantitative estimate of drug-likeness (QED) is 0.719. The Bertz CT molecular complexity index is 803. The molecule has 0 bridgehead atoms. The fourth-order valence-electron chi connectivity index (χ4n) is 2.31. The molecule has 0 saturated heterocycles. The van der Waals surface area contributed by atoms with Crippen molar-refractivity contribution in [1.82, 2.24) is 24.1 Å². The second-order valence-electron chi connectivity index (χ2n) is 5.07. The lowest BCUT2D eigenvalue weighted by Gasteiger charge is -2.23. The lowest BCUT2D eigenvalue weighted by Crippen LogP contribution is -2.36. The summed E-state index contributed by atoms with van der Waals surface area (Å²) in [5.41, 5.74) is 1.38. The lowest BCUT2D eigenvalue weighted by molar-refractivity contribution is -0.119. The average Bonchev–Trinajstić information content (AvgIpc) is 2.94. The van der Waals surface area contributed by atoms with Gasteiger partial charge < -0.3 is 4.90 Å². The number of aryl methyl sites for hydroxylation is 1. The van der Waals surface area contributed by atoms with E-state index >= 15 is 0 Å². The molecular weight excluding hydrogens is 316 g/mol. The highest BCUT2D eigenvalue weighted by molar-refractivity contribution is 6.32. The third-order valence-electron chi connectivity index (χ3n) is 3.63. The lowest BCUT2D eigenvalue weighted by atomic mass is 10.4. The van der Waals surface area contributed by atoms with Crippen molar-refractivity contribution in [3.05, 3.63) is 48.3 Å². The molecule has 0 aliphatic carbocycles. The standard InChI is InChI=1S/C15H17ClN6O/c1-3-21(14(23)11-20-8-7-19(20)2)13-10-22(18-15(13)16)12-5-4-6-17-9-12/h4-10H,3,11H2,1-2H3. The average molecular weight is 333 g/mol. The summed E-state index contributed by atoms with van der Waals surface area (Å²) in [6, 6.07) is 3.69. The Morgan fingerprint density at radius 1 is 1.39 bits per heavy atom. The van der Waals surface area contributed by atoms with Crippen LogP contribution in [0.3, 0.4) is 0 Å². The van der Waals surface area contributed by atoms with Gasteiger partial charge in [-0.2, -0.15) is 5.10 Å². The zero-order valence-corrected chi connectivity index (χ0v) is 13.7. The van der Waals surface area contributed by atoms with Crippen molar-refractivity contribution in [3.63, 3.8) is 0 Å². The Balaban J connectivity index is 1.86. The number of likely N-dealkylation sites (N-methyl/N-ethyl adjacent to an activating group) is 1. The first-order chi connectivity index (χ1) is 11.1. The highest BCUT2D eigenvalue weighted by atomic mass is 35.5. The van der Waals surface area contributed by atoms with Crippen LogP contribution in [-0.2, 0) is 18.4 Å². The van der Waals surface area contributed by atoms with Crippen LogP contribution in [0.4, 0.5) is 5.69 Å². The minimum absolute atomic E-state index is 0.0451. The summed E-state index contributed by atoms with van der Waals surface area (Å²) in [6.45, 7) is 2.68. The normalized spacial score (nSPS) is 10.9. The van der Waals surface area contributed by atoms with E-state index in [0.717, 1.165) is 5.69 Å². The van der Waals surface area contributed by atoms with Crippen LogP contribution in [0.5, 0.6) is 0 Å². The molecule has 3 aromatic heterocycles. The number of nitrogens with zero attached hydrogens (tertiary/aromatic N) is 6. The monoisotopic (exact) mass is 332 g/mol. The molecule has 0 N–H and O–H groups in total. The molecule has 0 aromatic carbocycles. The zero-order valence-electron chi connectivity index (χ0n) is 12.9. The number of pyridine rings is 1. The summed E-state index contributed by atoms with van der Waals surface area (Å²) < 4.78 is 5.30. The van der Waals surface area contributed by atoms with Gasteiger partial charge in [-0.15, -0.1) is 0 Å². The van der Waals surface area contributed by atoms with Gasteiger partial charge in [0, 0.05) is 32.2 Å². The second-order valence-corrected chi connectivity index (χ2v) is 5.43. The molecule has 3 heterocycles. The van der Waals surface area contributed by atoms with E-state index in [4.69, 9.17) is 11.6 Å². The third-order valence-corrected chi connectivity index (χ3v) is 3.90. The molecule has 0 fully saturated rings. The molecule has 0 radical (unpaired) electrons. The van der Waals surface area contributed by atoms with E-state index < -0.39 is 0 Å². The molecule has 0 unspecified atom stereocenters. The van der Waals surface area contributed by atoms with E-state index in [0.29, 0.717) is 12.2 Å². The Morgan fingerprint density at radius 2 is 2.22 bits per heavy atom. The number of halogens is 1. The first-order valence-corrected chi connectivity index (χ1v) is 7.61. The first kappa shape index (κ1) is 15.4. The number of anilines is 1. The Hall–Kier alpha value is -2.54. The Kier molecular flexibility index (Phi) is 4.20. The van der Waals surface area contributed by atoms with Crippen molar-refractivity contribution in [2.75, 3.05) is 11.4 Å². The SMILES string of the molecule is CCN(C(=O)Cn1ccn1C)c1cn(-c2cccnc2)nc1Cl. The van der Waals surface area contributed by atoms with Gasteiger partial charge in [0.25, 0.3) is 0 Å². The van der Waals surface area contributed by atoms with Crippen LogP contribution in [0.1, 0.15) is 6.92 Å². The maximum absolute atomic E-state index is 12.5. The molecular formula is C15H17ClN6O. The van der Waals surface area contributed by atoms with E-state index in [-0.39, 0.29) is 17.6 Å². The molecule has 23 heavy (non-hydrogen) atoms. The summed E-state index contributed by atoms with van der Waals surface area (Å²) >= 11 is 6.24. The van der Waals surface area contributed by atoms with Gasteiger partial charge in [0.05, 0.1) is 18.1 Å². The summed E-state index contributed by atoms with van der Waals surface area (Å²) in [6.07, 6.45) is 8.86. The van der Waals surface area contributed by atoms with Gasteiger partial charge in [-0.3, -0.25) is 19.1 Å². The summed E-state index contributed by atoms with van der Waals surface area (Å²) in [5, 5.41) is 4.56. The van der Waals surface area contributed by atoms with E-state index in [1.165, 1.54) is 0 Å². The van der Waals surface area contributed by atoms with Gasteiger partial charge in [-0.25, -0.2) is 4.68 Å². The predicted molar refractivity (Wildman–Crippen MR) is 87.8 cm³/mol. The van der Waals surface area contributed by atoms with Crippen molar-refractivity contribution in [2.45, 2.75) is 13.5 Å². The number of hydrogen-bond donors (Lipinski definition) is 0. The Morgan fingerprint density at radius 3 is 2.78 bits per heavy atom. The van der Waals surface area contributed by atoms with Crippen molar-refractivity contribution in [1.29, 1.82) is 0 Å². The van der Waals surface area contributed by atoms with Crippen LogP contribution < -0.4 is 4.90 Å². The van der Waals surface area contributed by atoms with Crippen molar-refractivity contribution >= 4 is 23.2 Å². The molecule has 0 spiro atoms. The fraction of sp³-hybridized carbons (Fsp3) is 0.267. The largest absolute Gasteiger partial charge is 0.307 e. The number of carbonyl (C=O) groups is 1. The zero-order chi connectivity index (χ0) is 16.4. The maximum atomic E-state index is 12.5. The van der Waals surface area contributed by atoms with E-state index in [9.17, 15) is 4.79 Å². The summed E-state index contributed by atoms with van der Waals surface area (Å²) in [7, 11) is 1.89. The van der Waals surface area contributed by atoms with Crippen molar-refractivity contribution in [3.8, 4) is 5.69 Å². The Labute approximate surface area is 138 Å². The summed E-state index contributed by atoms with van der Waals surface area (Å²) in [4.78, 5) is 18.2. The van der Waals surface area contributed by atoms with E-state index in [2.05, 4.69) is 10.1 Å². The minimum Gasteiger partial charge on any atom is -0.307 e. The molecule has 7 nitrogen and oxygen atoms in total. The molecule has 120 valence electrons. The van der Waals surface area contributed by atoms with Crippen LogP contribution in [0.25, 0.3) is 5.69 Å². The van der Waals surface area contributed by atoms with Gasteiger partial charge >= 0.3 is 0 Å². The van der Waals surface area contributed by atoms with Gasteiger partial charge in [0.15, 0.2) is 5.15 Å².